The number of aliphatic carboxylic acids is 2. The fourth-order valence-corrected chi connectivity index (χ4v) is 4.59. The Balaban J connectivity index is 2.52. The molecule has 1 aromatic carbocycles. The topological polar surface area (TPSA) is 311 Å². The molecule has 0 bridgehead atoms. The van der Waals surface area contributed by atoms with E-state index in [0.29, 0.717) is 5.56 Å². The third kappa shape index (κ3) is 12.6. The summed E-state index contributed by atoms with van der Waals surface area (Å²) in [5.41, 5.74) is 6.11. The Morgan fingerprint density at radius 1 is 0.918 bits per heavy atom. The minimum absolute atomic E-state index is 0.0131. The normalized spacial score (nSPS) is 23.2. The number of nitrogens with zero attached hydrogens (tertiary/aromatic N) is 2. The van der Waals surface area contributed by atoms with Gasteiger partial charge in [0.05, 0.1) is 12.8 Å². The number of likely N-dealkylation sites (N-methyl/N-ethyl adjacent to an activating group) is 1. The number of guanidine groups is 1. The molecule has 5 atom stereocenters. The molecule has 49 heavy (non-hydrogen) atoms. The second-order valence-corrected chi connectivity index (χ2v) is 11.1. The lowest BCUT2D eigenvalue weighted by molar-refractivity contribution is -0.147. The van der Waals surface area contributed by atoms with Crippen LogP contribution >= 0.6 is 0 Å². The van der Waals surface area contributed by atoms with Crippen LogP contribution in [0.3, 0.4) is 0 Å². The van der Waals surface area contributed by atoms with Gasteiger partial charge in [0.1, 0.15) is 36.0 Å². The van der Waals surface area contributed by atoms with Crippen LogP contribution in [0, 0.1) is 0 Å². The van der Waals surface area contributed by atoms with Gasteiger partial charge in [-0.2, -0.15) is 0 Å². The number of carboxylic acid groups (broad SMARTS) is 2. The minimum Gasteiger partial charge on any atom is -0.508 e. The Kier molecular flexibility index (Phi) is 14.7. The van der Waals surface area contributed by atoms with Crippen LogP contribution in [0.25, 0.3) is 0 Å². The molecule has 268 valence electrons. The molecule has 20 nitrogen and oxygen atoms in total. The Bertz CT molecular complexity index is 1450. The van der Waals surface area contributed by atoms with Crippen LogP contribution < -0.4 is 37.6 Å². The lowest BCUT2D eigenvalue weighted by atomic mass is 10.0. The molecule has 7 amide bonds. The average Bonchev–Trinajstić information content (AvgIpc) is 3.03. The number of urea groups is 1. The van der Waals surface area contributed by atoms with E-state index in [2.05, 4.69) is 31.6 Å². The highest BCUT2D eigenvalue weighted by Gasteiger charge is 2.36. The Morgan fingerprint density at radius 3 is 2.06 bits per heavy atom. The minimum atomic E-state index is -1.88. The van der Waals surface area contributed by atoms with Gasteiger partial charge < -0.3 is 52.5 Å². The van der Waals surface area contributed by atoms with Crippen molar-refractivity contribution >= 4 is 53.5 Å². The maximum absolute atomic E-state index is 13.9. The van der Waals surface area contributed by atoms with Gasteiger partial charge in [-0.1, -0.05) is 12.1 Å². The van der Waals surface area contributed by atoms with E-state index < -0.39 is 90.6 Å². The molecule has 0 spiro atoms. The molecule has 1 aliphatic rings. The van der Waals surface area contributed by atoms with Gasteiger partial charge in [-0.3, -0.25) is 34.3 Å². The van der Waals surface area contributed by atoms with E-state index in [1.54, 1.807) is 0 Å². The van der Waals surface area contributed by atoms with Crippen molar-refractivity contribution in [2.45, 2.75) is 69.2 Å². The number of nitrogens with one attached hydrogen (secondary N) is 6. The zero-order valence-electron chi connectivity index (χ0n) is 27.0. The van der Waals surface area contributed by atoms with Gasteiger partial charge in [0.25, 0.3) is 0 Å². The molecular weight excluding hydrogens is 650 g/mol. The van der Waals surface area contributed by atoms with E-state index in [1.807, 2.05) is 5.32 Å². The van der Waals surface area contributed by atoms with Crippen LogP contribution in [0.5, 0.6) is 5.75 Å². The van der Waals surface area contributed by atoms with E-state index in [1.165, 1.54) is 45.3 Å². The number of phenols is 1. The molecule has 1 heterocycles. The average molecular weight is 692 g/mol. The van der Waals surface area contributed by atoms with Crippen LogP contribution in [0.1, 0.15) is 38.2 Å². The lowest BCUT2D eigenvalue weighted by Crippen LogP contribution is -2.58. The van der Waals surface area contributed by atoms with Crippen LogP contribution in [0.15, 0.2) is 29.3 Å². The number of rotatable bonds is 8. The van der Waals surface area contributed by atoms with E-state index in [9.17, 15) is 53.7 Å². The fourth-order valence-electron chi connectivity index (χ4n) is 4.59. The molecule has 1 aromatic rings. The quantitative estimate of drug-likeness (QED) is 0.0729. The number of aromatic hydroxyl groups is 1. The van der Waals surface area contributed by atoms with Gasteiger partial charge in [-0.25, -0.2) is 14.4 Å². The van der Waals surface area contributed by atoms with Crippen molar-refractivity contribution in [2.24, 2.45) is 10.7 Å². The number of amides is 7. The summed E-state index contributed by atoms with van der Waals surface area (Å²) in [5, 5.41) is 42.7. The summed E-state index contributed by atoms with van der Waals surface area (Å²) in [6.07, 6.45) is -1.92. The first-order valence-electron chi connectivity index (χ1n) is 15.0. The Hall–Kier alpha value is -5.95. The fraction of sp³-hybridized carbons (Fsp3) is 0.483. The molecule has 20 heteroatoms. The number of carbonyl (C=O) groups is 8. The molecular formula is C29H41N9O11. The summed E-state index contributed by atoms with van der Waals surface area (Å²) in [6, 6.07) is -2.76. The predicted molar refractivity (Wildman–Crippen MR) is 170 cm³/mol. The zero-order chi connectivity index (χ0) is 36.8. The van der Waals surface area contributed by atoms with E-state index >= 15 is 0 Å². The van der Waals surface area contributed by atoms with Crippen molar-refractivity contribution in [1.29, 1.82) is 0 Å². The Morgan fingerprint density at radius 2 is 1.49 bits per heavy atom. The predicted octanol–water partition coefficient (Wildman–Crippen LogP) is -3.29. The van der Waals surface area contributed by atoms with Crippen molar-refractivity contribution in [1.82, 2.24) is 36.8 Å². The number of hydrogen-bond donors (Lipinski definition) is 10. The number of benzene rings is 1. The standard InChI is InChI=1S/C29H41N9O11/c1-14-23(42)35-17(5-4-10-32-28(30)37-29(49)31-2)25(44)38(3)20(11-15-6-8-16(39)9-7-15)24(43)36-19(27(47)48)13-22(41)34-18(26(45)46)12-21(40)33-14/h6-9,14,17-20,39H,4-5,10-13H2,1-3H3,(H,33,40)(H,34,41)(H,35,42)(H,36,43)(H,45,46)(H,47,48)(H4,30,31,32,37,49)/t14-,17+,18+,19+,20+/m1/s1. The molecule has 0 aliphatic carbocycles. The maximum atomic E-state index is 13.9. The van der Waals surface area contributed by atoms with Crippen molar-refractivity contribution in [2.75, 3.05) is 20.6 Å². The highest BCUT2D eigenvalue weighted by Crippen LogP contribution is 2.16. The number of phenolic OH excluding ortho intramolecular Hbond substituents is 1. The number of hydrogen-bond acceptors (Lipinski definition) is 10. The van der Waals surface area contributed by atoms with Gasteiger partial charge >= 0.3 is 18.0 Å². The van der Waals surface area contributed by atoms with Gasteiger partial charge in [0.15, 0.2) is 5.96 Å². The highest BCUT2D eigenvalue weighted by atomic mass is 16.4. The second-order valence-electron chi connectivity index (χ2n) is 11.1. The van der Waals surface area contributed by atoms with Crippen molar-refractivity contribution in [3.05, 3.63) is 29.8 Å². The molecule has 1 fully saturated rings. The SMILES string of the molecule is CNC(=O)NC(N)=NCCC[C@@H]1NC(=O)[C@@H](C)NC(=O)C[C@@H](C(=O)O)NC(=O)C[C@@H](C(=O)O)NC(=O)[C@H](Cc2ccc(O)cc2)N(C)C1=O. The van der Waals surface area contributed by atoms with Crippen LogP contribution in [-0.2, 0) is 40.0 Å². The smallest absolute Gasteiger partial charge is 0.326 e. The molecule has 0 saturated carbocycles. The number of nitrogens with two attached hydrogens (primary N) is 1. The van der Waals surface area contributed by atoms with Crippen molar-refractivity contribution in [3.63, 3.8) is 0 Å². The Labute approximate surface area is 280 Å². The summed E-state index contributed by atoms with van der Waals surface area (Å²) >= 11 is 0. The highest BCUT2D eigenvalue weighted by molar-refractivity contribution is 5.97. The maximum Gasteiger partial charge on any atom is 0.326 e. The zero-order valence-corrected chi connectivity index (χ0v) is 27.0. The molecule has 0 aromatic heterocycles. The molecule has 0 unspecified atom stereocenters. The monoisotopic (exact) mass is 691 g/mol. The van der Waals surface area contributed by atoms with Gasteiger partial charge in [-0.05, 0) is 37.5 Å². The van der Waals surface area contributed by atoms with Gasteiger partial charge in [-0.15, -0.1) is 0 Å². The molecule has 1 aliphatic heterocycles. The number of carbonyl (C=O) groups excluding carboxylic acids is 6. The third-order valence-electron chi connectivity index (χ3n) is 7.30. The second kappa shape index (κ2) is 18.4. The van der Waals surface area contributed by atoms with Crippen molar-refractivity contribution in [3.8, 4) is 5.75 Å². The molecule has 0 radical (unpaired) electrons. The first-order valence-corrected chi connectivity index (χ1v) is 15.0. The summed E-state index contributed by atoms with van der Waals surface area (Å²) in [6.45, 7) is 1.26. The summed E-state index contributed by atoms with van der Waals surface area (Å²) in [4.78, 5) is 106. The summed E-state index contributed by atoms with van der Waals surface area (Å²) < 4.78 is 0. The first-order chi connectivity index (χ1) is 23.0. The number of aliphatic imine (C=N–C) groups is 1. The summed E-state index contributed by atoms with van der Waals surface area (Å²) in [5.74, 6) is -8.29. The van der Waals surface area contributed by atoms with E-state index in [0.717, 1.165) is 4.90 Å². The van der Waals surface area contributed by atoms with Crippen LogP contribution in [0.4, 0.5) is 4.79 Å². The summed E-state index contributed by atoms with van der Waals surface area (Å²) in [7, 11) is 2.61. The number of carboxylic acids is 2. The van der Waals surface area contributed by atoms with Crippen LogP contribution in [-0.4, -0.2) is 125 Å². The lowest BCUT2D eigenvalue weighted by Gasteiger charge is -2.32. The largest absolute Gasteiger partial charge is 0.508 e. The molecule has 11 N–H and O–H groups in total. The van der Waals surface area contributed by atoms with E-state index in [4.69, 9.17) is 5.73 Å². The first kappa shape index (κ1) is 39.2. The third-order valence-corrected chi connectivity index (χ3v) is 7.30. The van der Waals surface area contributed by atoms with Crippen LogP contribution in [0.2, 0.25) is 0 Å². The van der Waals surface area contributed by atoms with E-state index in [-0.39, 0.29) is 37.5 Å². The van der Waals surface area contributed by atoms with Gasteiger partial charge in [0.2, 0.25) is 29.5 Å². The van der Waals surface area contributed by atoms with Gasteiger partial charge in [0, 0.05) is 27.1 Å². The molecule has 1 saturated heterocycles. The molecule has 2 rings (SSSR count). The van der Waals surface area contributed by atoms with Crippen molar-refractivity contribution < 1.29 is 53.7 Å².